The van der Waals surface area contributed by atoms with E-state index in [1.165, 1.54) is 11.8 Å². The van der Waals surface area contributed by atoms with Crippen molar-refractivity contribution in [3.05, 3.63) is 35.9 Å². The molecule has 1 aliphatic rings. The van der Waals surface area contributed by atoms with Gasteiger partial charge in [-0.1, -0.05) is 12.1 Å². The Morgan fingerprint density at radius 3 is 2.67 bits per heavy atom. The van der Waals surface area contributed by atoms with Crippen molar-refractivity contribution in [3.63, 3.8) is 0 Å². The van der Waals surface area contributed by atoms with Gasteiger partial charge in [0.15, 0.2) is 11.8 Å². The zero-order chi connectivity index (χ0) is 21.5. The highest BCUT2D eigenvalue weighted by atomic mass is 32.2. The number of aromatic nitrogens is 2. The number of nitrogen functional groups attached to an aromatic ring is 1. The second-order valence-electron chi connectivity index (χ2n) is 6.74. The van der Waals surface area contributed by atoms with Crippen LogP contribution >= 0.6 is 11.8 Å². The summed E-state index contributed by atoms with van der Waals surface area (Å²) in [5.74, 6) is 5.48. The summed E-state index contributed by atoms with van der Waals surface area (Å²) in [5, 5.41) is 12.8. The number of hydrazine groups is 1. The fourth-order valence-corrected chi connectivity index (χ4v) is 5.73. The number of nitrogens with zero attached hydrogens (tertiary/aromatic N) is 2. The van der Waals surface area contributed by atoms with Crippen LogP contribution in [-0.2, 0) is 10.0 Å². The number of fused-ring (bicyclic) bond motifs is 1. The predicted molar refractivity (Wildman–Crippen MR) is 118 cm³/mol. The molecular formula is C17H21N9O2S2. The molecule has 0 saturated carbocycles. The molecule has 0 radical (unpaired) electrons. The van der Waals surface area contributed by atoms with Crippen molar-refractivity contribution in [3.8, 4) is 11.1 Å². The first-order valence-electron chi connectivity index (χ1n) is 8.90. The summed E-state index contributed by atoms with van der Waals surface area (Å²) in [7, 11) is -4.14. The van der Waals surface area contributed by atoms with E-state index in [4.69, 9.17) is 22.4 Å². The van der Waals surface area contributed by atoms with Crippen LogP contribution in [0.4, 0.5) is 5.95 Å². The highest BCUT2D eigenvalue weighted by Gasteiger charge is 2.28. The Labute approximate surface area is 176 Å². The molecule has 1 aliphatic heterocycles. The van der Waals surface area contributed by atoms with Gasteiger partial charge >= 0.3 is 0 Å². The molecule has 4 rings (SSSR count). The van der Waals surface area contributed by atoms with E-state index in [0.29, 0.717) is 21.5 Å². The van der Waals surface area contributed by atoms with Gasteiger partial charge in [-0.3, -0.25) is 0 Å². The van der Waals surface area contributed by atoms with Gasteiger partial charge in [0.1, 0.15) is 4.90 Å². The molecule has 1 fully saturated rings. The molecule has 11 N–H and O–H groups in total. The van der Waals surface area contributed by atoms with Gasteiger partial charge in [0.2, 0.25) is 10.0 Å². The third kappa shape index (κ3) is 3.80. The molecule has 158 valence electrons. The molecule has 0 atom stereocenters. The smallest absolute Gasteiger partial charge is 0.239 e. The van der Waals surface area contributed by atoms with E-state index >= 15 is 0 Å². The van der Waals surface area contributed by atoms with Crippen LogP contribution in [0, 0.1) is 0 Å². The number of thioether (sulfide) groups is 1. The molecule has 13 heteroatoms. The van der Waals surface area contributed by atoms with Crippen LogP contribution in [-0.4, -0.2) is 42.6 Å². The van der Waals surface area contributed by atoms with Crippen molar-refractivity contribution in [1.82, 2.24) is 20.8 Å². The number of hydrogen-bond acceptors (Lipinski definition) is 9. The van der Waals surface area contributed by atoms with Crippen molar-refractivity contribution < 1.29 is 8.42 Å². The van der Waals surface area contributed by atoms with E-state index in [9.17, 15) is 8.42 Å². The average Bonchev–Trinajstić information content (AvgIpc) is 3.02. The number of nitrogens with one attached hydrogen (secondary N) is 3. The van der Waals surface area contributed by atoms with Gasteiger partial charge < -0.3 is 21.8 Å². The van der Waals surface area contributed by atoms with Gasteiger partial charge in [0.05, 0.1) is 11.0 Å². The maximum absolute atomic E-state index is 12.6. The van der Waals surface area contributed by atoms with Crippen LogP contribution in [0.3, 0.4) is 0 Å². The van der Waals surface area contributed by atoms with Crippen molar-refractivity contribution in [2.24, 2.45) is 21.8 Å². The lowest BCUT2D eigenvalue weighted by molar-refractivity contribution is 0.543. The molecule has 0 spiro atoms. The summed E-state index contributed by atoms with van der Waals surface area (Å²) in [4.78, 5) is 7.59. The Kier molecular flexibility index (Phi) is 5.29. The minimum absolute atomic E-state index is 0.0879. The molecule has 0 amide bonds. The van der Waals surface area contributed by atoms with E-state index in [2.05, 4.69) is 25.9 Å². The van der Waals surface area contributed by atoms with Gasteiger partial charge in [-0.05, 0) is 29.3 Å². The van der Waals surface area contributed by atoms with Crippen LogP contribution in [0.15, 0.2) is 45.2 Å². The quantitative estimate of drug-likeness (QED) is 0.114. The van der Waals surface area contributed by atoms with Gasteiger partial charge in [-0.15, -0.1) is 16.9 Å². The fourth-order valence-electron chi connectivity index (χ4n) is 3.28. The lowest BCUT2D eigenvalue weighted by Gasteiger charge is -2.27. The second kappa shape index (κ2) is 7.77. The van der Waals surface area contributed by atoms with Crippen molar-refractivity contribution in [2.45, 2.75) is 15.0 Å². The summed E-state index contributed by atoms with van der Waals surface area (Å²) in [5.41, 5.74) is 16.7. The fraction of sp³-hybridized carbons (Fsp3) is 0.176. The zero-order valence-corrected chi connectivity index (χ0v) is 17.3. The van der Waals surface area contributed by atoms with E-state index in [1.54, 1.807) is 30.3 Å². The molecule has 1 aromatic heterocycles. The lowest BCUT2D eigenvalue weighted by Crippen LogP contribution is -2.44. The highest BCUT2D eigenvalue weighted by Crippen LogP contribution is 2.38. The number of nitrogens with two attached hydrogens (primary N) is 4. The largest absolute Gasteiger partial charge is 0.382 e. The number of imidazole rings is 1. The van der Waals surface area contributed by atoms with E-state index in [0.717, 1.165) is 18.6 Å². The number of anilines is 1. The Morgan fingerprint density at radius 1 is 1.27 bits per heavy atom. The number of hydrazone groups is 1. The van der Waals surface area contributed by atoms with E-state index in [1.807, 2.05) is 0 Å². The first-order chi connectivity index (χ1) is 14.3. The SMILES string of the molecule is NN/N=C(\N)c1c(-c2ccc3[nH]c(N)nc3c2)ccc(SC2CNC2)c1S(N)(=O)=O. The number of benzene rings is 2. The van der Waals surface area contributed by atoms with Crippen LogP contribution in [0.1, 0.15) is 5.56 Å². The molecule has 0 aliphatic carbocycles. The average molecular weight is 448 g/mol. The monoisotopic (exact) mass is 447 g/mol. The third-order valence-corrected chi connectivity index (χ3v) is 7.08. The van der Waals surface area contributed by atoms with Crippen LogP contribution in [0.25, 0.3) is 22.2 Å². The van der Waals surface area contributed by atoms with Crippen LogP contribution in [0.5, 0.6) is 0 Å². The molecule has 2 aromatic carbocycles. The van der Waals surface area contributed by atoms with E-state index < -0.39 is 10.0 Å². The standard InChI is InChI=1S/C17H21N9O2S2/c18-16(25-26-20)14-10(8-1-3-11-12(5-8)24-17(19)23-11)2-4-13(15(14)30(21,27)28)29-9-6-22-7-9/h1-5,9,22,26H,6-7,20H2,(H2,18,25)(H3,19,23,24)(H2,21,27,28). The van der Waals surface area contributed by atoms with Crippen molar-refractivity contribution in [2.75, 3.05) is 18.8 Å². The van der Waals surface area contributed by atoms with Gasteiger partial charge in [-0.25, -0.2) is 29.9 Å². The second-order valence-corrected chi connectivity index (χ2v) is 9.58. The Morgan fingerprint density at radius 2 is 2.03 bits per heavy atom. The maximum Gasteiger partial charge on any atom is 0.239 e. The molecule has 11 nitrogen and oxygen atoms in total. The number of amidine groups is 1. The van der Waals surface area contributed by atoms with Crippen molar-refractivity contribution in [1.29, 1.82) is 0 Å². The zero-order valence-electron chi connectivity index (χ0n) is 15.7. The molecule has 0 bridgehead atoms. The minimum atomic E-state index is -4.14. The topological polar surface area (TPSA) is 203 Å². The predicted octanol–water partition coefficient (Wildman–Crippen LogP) is -0.393. The first kappa shape index (κ1) is 20.4. The number of primary sulfonamides is 1. The first-order valence-corrected chi connectivity index (χ1v) is 11.3. The van der Waals surface area contributed by atoms with Gasteiger partial charge in [-0.2, -0.15) is 0 Å². The third-order valence-electron chi connectivity index (χ3n) is 4.70. The molecule has 2 heterocycles. The molecule has 3 aromatic rings. The number of aromatic amines is 1. The number of rotatable bonds is 6. The Balaban J connectivity index is 1.97. The Hall–Kier alpha value is -2.84. The number of sulfonamides is 1. The number of H-pyrrole nitrogens is 1. The number of hydrogen-bond donors (Lipinski definition) is 7. The molecule has 0 unspecified atom stereocenters. The maximum atomic E-state index is 12.6. The summed E-state index contributed by atoms with van der Waals surface area (Å²) in [6.07, 6.45) is 0. The highest BCUT2D eigenvalue weighted by molar-refractivity contribution is 8.00. The van der Waals surface area contributed by atoms with Crippen molar-refractivity contribution >= 4 is 44.6 Å². The normalized spacial score (nSPS) is 15.3. The molecule has 1 saturated heterocycles. The Bertz CT molecular complexity index is 1250. The van der Waals surface area contributed by atoms with Crippen LogP contribution < -0.4 is 33.3 Å². The van der Waals surface area contributed by atoms with Gasteiger partial charge in [0, 0.05) is 28.8 Å². The summed E-state index contributed by atoms with van der Waals surface area (Å²) >= 11 is 1.43. The minimum Gasteiger partial charge on any atom is -0.382 e. The lowest BCUT2D eigenvalue weighted by atomic mass is 9.98. The van der Waals surface area contributed by atoms with E-state index in [-0.39, 0.29) is 27.5 Å². The summed E-state index contributed by atoms with van der Waals surface area (Å²) < 4.78 is 25.2. The summed E-state index contributed by atoms with van der Waals surface area (Å²) in [6.45, 7) is 1.55. The molecule has 30 heavy (non-hydrogen) atoms. The van der Waals surface area contributed by atoms with Gasteiger partial charge in [0.25, 0.3) is 0 Å². The summed E-state index contributed by atoms with van der Waals surface area (Å²) in [6, 6.07) is 8.89. The molecular weight excluding hydrogens is 426 g/mol. The van der Waals surface area contributed by atoms with Crippen LogP contribution in [0.2, 0.25) is 0 Å².